The van der Waals surface area contributed by atoms with Gasteiger partial charge in [-0.15, -0.1) is 0 Å². The Kier molecular flexibility index (Phi) is 5.33. The van der Waals surface area contributed by atoms with Crippen LogP contribution in [0.1, 0.15) is 32.3 Å². The average Bonchev–Trinajstić information content (AvgIpc) is 2.27. The smallest absolute Gasteiger partial charge is 0.0504 e. The minimum atomic E-state index is 0.535. The van der Waals surface area contributed by atoms with Gasteiger partial charge < -0.3 is 10.1 Å². The van der Waals surface area contributed by atoms with Crippen LogP contribution < -0.4 is 5.32 Å². The van der Waals surface area contributed by atoms with Gasteiger partial charge in [-0.05, 0) is 29.5 Å². The summed E-state index contributed by atoms with van der Waals surface area (Å²) in [5.41, 5.74) is 2.58. The van der Waals surface area contributed by atoms with Crippen LogP contribution in [-0.2, 0) is 4.74 Å². The lowest BCUT2D eigenvalue weighted by Crippen LogP contribution is -2.15. The standard InChI is InChI=1S/C14H23NO/c1-11(2)13-6-5-7-14(8-13)15-9-12(3)10-16-4/h5-8,11-12,15H,9-10H2,1-4H3. The maximum Gasteiger partial charge on any atom is 0.0504 e. The predicted molar refractivity (Wildman–Crippen MR) is 70.1 cm³/mol. The fourth-order valence-electron chi connectivity index (χ4n) is 1.64. The summed E-state index contributed by atoms with van der Waals surface area (Å²) in [6.07, 6.45) is 0. The second kappa shape index (κ2) is 6.54. The van der Waals surface area contributed by atoms with Crippen molar-refractivity contribution in [3.63, 3.8) is 0 Å². The third-order valence-electron chi connectivity index (χ3n) is 2.66. The monoisotopic (exact) mass is 221 g/mol. The highest BCUT2D eigenvalue weighted by atomic mass is 16.5. The molecule has 1 aromatic rings. The first-order valence-electron chi connectivity index (χ1n) is 5.96. The van der Waals surface area contributed by atoms with Gasteiger partial charge in [0.1, 0.15) is 0 Å². The summed E-state index contributed by atoms with van der Waals surface area (Å²) < 4.78 is 5.11. The van der Waals surface area contributed by atoms with Crippen molar-refractivity contribution in [1.29, 1.82) is 0 Å². The molecule has 90 valence electrons. The molecule has 0 aromatic heterocycles. The van der Waals surface area contributed by atoms with E-state index in [1.165, 1.54) is 11.3 Å². The van der Waals surface area contributed by atoms with Crippen LogP contribution in [-0.4, -0.2) is 20.3 Å². The second-order valence-electron chi connectivity index (χ2n) is 4.72. The molecule has 0 radical (unpaired) electrons. The lowest BCUT2D eigenvalue weighted by Gasteiger charge is -2.14. The molecule has 1 unspecified atom stereocenters. The Morgan fingerprint density at radius 1 is 1.25 bits per heavy atom. The van der Waals surface area contributed by atoms with Gasteiger partial charge in [-0.2, -0.15) is 0 Å². The van der Waals surface area contributed by atoms with E-state index in [1.54, 1.807) is 7.11 Å². The van der Waals surface area contributed by atoms with E-state index in [0.717, 1.165) is 13.2 Å². The Morgan fingerprint density at radius 3 is 2.62 bits per heavy atom. The predicted octanol–water partition coefficient (Wildman–Crippen LogP) is 3.50. The Hall–Kier alpha value is -1.02. The Morgan fingerprint density at radius 2 is 2.00 bits per heavy atom. The zero-order valence-electron chi connectivity index (χ0n) is 10.8. The summed E-state index contributed by atoms with van der Waals surface area (Å²) in [5.74, 6) is 1.12. The lowest BCUT2D eigenvalue weighted by atomic mass is 10.0. The van der Waals surface area contributed by atoms with E-state index in [1.807, 2.05) is 0 Å². The van der Waals surface area contributed by atoms with Gasteiger partial charge in [-0.3, -0.25) is 0 Å². The zero-order valence-corrected chi connectivity index (χ0v) is 10.8. The van der Waals surface area contributed by atoms with Crippen LogP contribution in [0.25, 0.3) is 0 Å². The third kappa shape index (κ3) is 4.23. The van der Waals surface area contributed by atoms with Gasteiger partial charge in [0.15, 0.2) is 0 Å². The molecule has 0 saturated carbocycles. The number of benzene rings is 1. The summed E-state index contributed by atoms with van der Waals surface area (Å²) in [4.78, 5) is 0. The number of ether oxygens (including phenoxy) is 1. The summed E-state index contributed by atoms with van der Waals surface area (Å²) >= 11 is 0. The number of methoxy groups -OCH3 is 1. The third-order valence-corrected chi connectivity index (χ3v) is 2.66. The van der Waals surface area contributed by atoms with E-state index in [9.17, 15) is 0 Å². The van der Waals surface area contributed by atoms with Crippen LogP contribution >= 0.6 is 0 Å². The molecule has 2 heteroatoms. The molecule has 2 nitrogen and oxygen atoms in total. The fraction of sp³-hybridized carbons (Fsp3) is 0.571. The maximum atomic E-state index is 5.11. The maximum absolute atomic E-state index is 5.11. The van der Waals surface area contributed by atoms with Crippen LogP contribution in [0.5, 0.6) is 0 Å². The molecule has 16 heavy (non-hydrogen) atoms. The topological polar surface area (TPSA) is 21.3 Å². The van der Waals surface area contributed by atoms with Crippen molar-refractivity contribution in [2.45, 2.75) is 26.7 Å². The van der Waals surface area contributed by atoms with Crippen LogP contribution in [0.15, 0.2) is 24.3 Å². The molecule has 0 fully saturated rings. The highest BCUT2D eigenvalue weighted by molar-refractivity contribution is 5.46. The molecule has 0 amide bonds. The van der Waals surface area contributed by atoms with Gasteiger partial charge in [0.25, 0.3) is 0 Å². The number of nitrogens with one attached hydrogen (secondary N) is 1. The Bertz CT molecular complexity index is 309. The summed E-state index contributed by atoms with van der Waals surface area (Å²) in [7, 11) is 1.75. The molecule has 0 aliphatic carbocycles. The van der Waals surface area contributed by atoms with Crippen molar-refractivity contribution in [3.05, 3.63) is 29.8 Å². The molecule has 0 heterocycles. The summed E-state index contributed by atoms with van der Waals surface area (Å²) in [5, 5.41) is 3.44. The lowest BCUT2D eigenvalue weighted by molar-refractivity contribution is 0.164. The molecule has 1 N–H and O–H groups in total. The summed E-state index contributed by atoms with van der Waals surface area (Å²) in [6, 6.07) is 8.63. The number of rotatable bonds is 6. The molecule has 0 aliphatic heterocycles. The van der Waals surface area contributed by atoms with Gasteiger partial charge in [-0.25, -0.2) is 0 Å². The highest BCUT2D eigenvalue weighted by Gasteiger charge is 2.03. The number of hydrogen-bond acceptors (Lipinski definition) is 2. The van der Waals surface area contributed by atoms with Crippen LogP contribution in [0.4, 0.5) is 5.69 Å². The minimum absolute atomic E-state index is 0.535. The molecular formula is C14H23NO. The molecule has 0 saturated heterocycles. The highest BCUT2D eigenvalue weighted by Crippen LogP contribution is 2.18. The summed E-state index contributed by atoms with van der Waals surface area (Å²) in [6.45, 7) is 8.37. The SMILES string of the molecule is COCC(C)CNc1cccc(C(C)C)c1. The Labute approximate surface area is 99.0 Å². The van der Waals surface area contributed by atoms with Crippen molar-refractivity contribution in [2.24, 2.45) is 5.92 Å². The Balaban J connectivity index is 2.50. The van der Waals surface area contributed by atoms with E-state index in [2.05, 4.69) is 50.4 Å². The molecule has 0 bridgehead atoms. The first kappa shape index (κ1) is 13.0. The van der Waals surface area contributed by atoms with E-state index < -0.39 is 0 Å². The first-order chi connectivity index (χ1) is 7.63. The molecule has 1 rings (SSSR count). The quantitative estimate of drug-likeness (QED) is 0.793. The van der Waals surface area contributed by atoms with Crippen molar-refractivity contribution in [1.82, 2.24) is 0 Å². The molecular weight excluding hydrogens is 198 g/mol. The zero-order chi connectivity index (χ0) is 12.0. The van der Waals surface area contributed by atoms with E-state index >= 15 is 0 Å². The first-order valence-corrected chi connectivity index (χ1v) is 5.96. The molecule has 1 aromatic carbocycles. The average molecular weight is 221 g/mol. The fourth-order valence-corrected chi connectivity index (χ4v) is 1.64. The number of hydrogen-bond donors (Lipinski definition) is 1. The van der Waals surface area contributed by atoms with Crippen LogP contribution in [0.3, 0.4) is 0 Å². The molecule has 1 atom stereocenters. The van der Waals surface area contributed by atoms with Crippen molar-refractivity contribution in [3.8, 4) is 0 Å². The van der Waals surface area contributed by atoms with E-state index in [-0.39, 0.29) is 0 Å². The minimum Gasteiger partial charge on any atom is -0.385 e. The van der Waals surface area contributed by atoms with E-state index in [0.29, 0.717) is 11.8 Å². The van der Waals surface area contributed by atoms with Gasteiger partial charge in [0, 0.05) is 19.3 Å². The van der Waals surface area contributed by atoms with Gasteiger partial charge in [-0.1, -0.05) is 32.9 Å². The second-order valence-corrected chi connectivity index (χ2v) is 4.72. The van der Waals surface area contributed by atoms with Crippen LogP contribution in [0.2, 0.25) is 0 Å². The van der Waals surface area contributed by atoms with E-state index in [4.69, 9.17) is 4.74 Å². The van der Waals surface area contributed by atoms with Gasteiger partial charge in [0.2, 0.25) is 0 Å². The van der Waals surface area contributed by atoms with Gasteiger partial charge in [0.05, 0.1) is 6.61 Å². The number of anilines is 1. The molecule has 0 spiro atoms. The normalized spacial score (nSPS) is 12.8. The largest absolute Gasteiger partial charge is 0.385 e. The molecule has 0 aliphatic rings. The van der Waals surface area contributed by atoms with Crippen molar-refractivity contribution >= 4 is 5.69 Å². The van der Waals surface area contributed by atoms with Crippen molar-refractivity contribution < 1.29 is 4.74 Å². The van der Waals surface area contributed by atoms with Gasteiger partial charge >= 0.3 is 0 Å². The van der Waals surface area contributed by atoms with Crippen molar-refractivity contribution in [2.75, 3.05) is 25.6 Å². The van der Waals surface area contributed by atoms with Crippen LogP contribution in [0, 0.1) is 5.92 Å².